The molecule has 2 aromatic rings. The Kier molecular flexibility index (Phi) is 7.24. The molecule has 2 aromatic carbocycles. The van der Waals surface area contributed by atoms with Crippen LogP contribution in [0.2, 0.25) is 0 Å². The summed E-state index contributed by atoms with van der Waals surface area (Å²) >= 11 is 0.954. The van der Waals surface area contributed by atoms with E-state index in [2.05, 4.69) is 0 Å². The summed E-state index contributed by atoms with van der Waals surface area (Å²) < 4.78 is 48.9. The number of alkyl halides is 3. The Bertz CT molecular complexity index is 922. The first-order valence-electron chi connectivity index (χ1n) is 10.4. The van der Waals surface area contributed by atoms with Gasteiger partial charge in [0.05, 0.1) is 23.0 Å². The molecule has 1 fully saturated rings. The average molecular weight is 453 g/mol. The zero-order chi connectivity index (χ0) is 22.8. The predicted molar refractivity (Wildman–Crippen MR) is 117 cm³/mol. The molecule has 1 unspecified atom stereocenters. The first kappa shape index (κ1) is 23.5. The van der Waals surface area contributed by atoms with E-state index in [0.29, 0.717) is 23.7 Å². The maximum absolute atomic E-state index is 14.3. The van der Waals surface area contributed by atoms with Crippen molar-refractivity contribution < 1.29 is 27.8 Å². The van der Waals surface area contributed by atoms with Crippen molar-refractivity contribution in [2.75, 3.05) is 12.9 Å². The zero-order valence-corrected chi connectivity index (χ0v) is 18.6. The second kappa shape index (κ2) is 9.55. The standard InChI is InChI=1S/C24H27F3O3S/c1-14(2)11-19(23(28)29)18-12-17(16-7-5-4-6-8-16)21(30-13-15-9-10-15)22(31-3)20(18)24(25,26)27/h4-8,12,14-15,19H,9-11,13H2,1-3H3,(H,28,29). The van der Waals surface area contributed by atoms with Gasteiger partial charge in [-0.1, -0.05) is 44.2 Å². The minimum Gasteiger partial charge on any atom is -0.491 e. The van der Waals surface area contributed by atoms with Crippen LogP contribution in [-0.4, -0.2) is 23.9 Å². The maximum atomic E-state index is 14.3. The first-order chi connectivity index (χ1) is 14.6. The van der Waals surface area contributed by atoms with E-state index in [9.17, 15) is 23.1 Å². The fraction of sp³-hybridized carbons (Fsp3) is 0.458. The molecule has 3 rings (SSSR count). The van der Waals surface area contributed by atoms with Gasteiger partial charge in [-0.25, -0.2) is 0 Å². The fourth-order valence-electron chi connectivity index (χ4n) is 3.72. The molecule has 1 aliphatic rings. The summed E-state index contributed by atoms with van der Waals surface area (Å²) in [6, 6.07) is 10.4. The average Bonchev–Trinajstić information content (AvgIpc) is 3.53. The van der Waals surface area contributed by atoms with Crippen LogP contribution < -0.4 is 4.74 Å². The summed E-state index contributed by atoms with van der Waals surface area (Å²) in [5, 5.41) is 9.84. The molecular weight excluding hydrogens is 425 g/mol. The van der Waals surface area contributed by atoms with Gasteiger partial charge < -0.3 is 9.84 Å². The molecule has 0 amide bonds. The molecule has 0 spiro atoms. The normalized spacial score (nSPS) is 15.2. The van der Waals surface area contributed by atoms with E-state index in [1.165, 1.54) is 6.07 Å². The molecular formula is C24H27F3O3S. The molecule has 1 saturated carbocycles. The van der Waals surface area contributed by atoms with Crippen molar-refractivity contribution in [2.24, 2.45) is 11.8 Å². The third-order valence-electron chi connectivity index (χ3n) is 5.38. The number of hydrogen-bond acceptors (Lipinski definition) is 3. The van der Waals surface area contributed by atoms with Crippen LogP contribution in [0.4, 0.5) is 13.2 Å². The number of carboxylic acids is 1. The predicted octanol–water partition coefficient (Wildman–Crippen LogP) is 7.10. The Morgan fingerprint density at radius 3 is 2.35 bits per heavy atom. The lowest BCUT2D eigenvalue weighted by Gasteiger charge is -2.26. The second-order valence-electron chi connectivity index (χ2n) is 8.39. The van der Waals surface area contributed by atoms with Crippen molar-refractivity contribution in [3.8, 4) is 16.9 Å². The molecule has 0 heterocycles. The van der Waals surface area contributed by atoms with E-state index >= 15 is 0 Å². The smallest absolute Gasteiger partial charge is 0.417 e. The van der Waals surface area contributed by atoms with Gasteiger partial charge in [0, 0.05) is 5.56 Å². The van der Waals surface area contributed by atoms with Crippen molar-refractivity contribution >= 4 is 17.7 Å². The third-order valence-corrected chi connectivity index (χ3v) is 6.18. The van der Waals surface area contributed by atoms with Crippen molar-refractivity contribution in [1.82, 2.24) is 0 Å². The molecule has 7 heteroatoms. The van der Waals surface area contributed by atoms with Crippen LogP contribution in [0.5, 0.6) is 5.75 Å². The van der Waals surface area contributed by atoms with E-state index < -0.39 is 23.6 Å². The highest BCUT2D eigenvalue weighted by atomic mass is 32.2. The topological polar surface area (TPSA) is 46.5 Å². The first-order valence-corrected chi connectivity index (χ1v) is 11.6. The Hall–Kier alpha value is -2.15. The molecule has 1 aliphatic carbocycles. The minimum absolute atomic E-state index is 0.0421. The lowest BCUT2D eigenvalue weighted by molar-refractivity contribution is -0.143. The Morgan fingerprint density at radius 2 is 1.87 bits per heavy atom. The van der Waals surface area contributed by atoms with Gasteiger partial charge in [-0.2, -0.15) is 13.2 Å². The number of ether oxygens (including phenoxy) is 1. The lowest BCUT2D eigenvalue weighted by atomic mass is 9.85. The maximum Gasteiger partial charge on any atom is 0.417 e. The van der Waals surface area contributed by atoms with Gasteiger partial charge in [0.15, 0.2) is 0 Å². The van der Waals surface area contributed by atoms with Crippen LogP contribution in [-0.2, 0) is 11.0 Å². The Labute approximate surface area is 185 Å². The molecule has 1 N–H and O–H groups in total. The van der Waals surface area contributed by atoms with Crippen molar-refractivity contribution in [3.63, 3.8) is 0 Å². The zero-order valence-electron chi connectivity index (χ0n) is 17.8. The fourth-order valence-corrected chi connectivity index (χ4v) is 4.51. The van der Waals surface area contributed by atoms with E-state index in [1.807, 2.05) is 19.9 Å². The summed E-state index contributed by atoms with van der Waals surface area (Å²) in [5.41, 5.74) is 0.116. The van der Waals surface area contributed by atoms with Crippen LogP contribution in [0.15, 0.2) is 41.3 Å². The van der Waals surface area contributed by atoms with Gasteiger partial charge >= 0.3 is 12.1 Å². The number of aliphatic carboxylic acids is 1. The molecule has 0 radical (unpaired) electrons. The van der Waals surface area contributed by atoms with E-state index in [1.54, 1.807) is 30.5 Å². The van der Waals surface area contributed by atoms with Crippen LogP contribution in [0.1, 0.15) is 50.2 Å². The summed E-state index contributed by atoms with van der Waals surface area (Å²) in [4.78, 5) is 12.0. The van der Waals surface area contributed by atoms with Crippen molar-refractivity contribution in [3.05, 3.63) is 47.5 Å². The van der Waals surface area contributed by atoms with Crippen molar-refractivity contribution in [1.29, 1.82) is 0 Å². The molecule has 0 bridgehead atoms. The monoisotopic (exact) mass is 452 g/mol. The molecule has 0 aromatic heterocycles. The van der Waals surface area contributed by atoms with Gasteiger partial charge in [-0.05, 0) is 54.5 Å². The quantitative estimate of drug-likeness (QED) is 0.412. The van der Waals surface area contributed by atoms with Crippen LogP contribution >= 0.6 is 11.8 Å². The molecule has 31 heavy (non-hydrogen) atoms. The summed E-state index contributed by atoms with van der Waals surface area (Å²) in [6.45, 7) is 3.98. The third kappa shape index (κ3) is 5.56. The van der Waals surface area contributed by atoms with Gasteiger partial charge in [0.1, 0.15) is 5.75 Å². The number of thioether (sulfide) groups is 1. The Balaban J connectivity index is 2.31. The van der Waals surface area contributed by atoms with Crippen LogP contribution in [0, 0.1) is 11.8 Å². The molecule has 3 nitrogen and oxygen atoms in total. The highest BCUT2D eigenvalue weighted by Gasteiger charge is 2.42. The highest BCUT2D eigenvalue weighted by Crippen LogP contribution is 2.50. The number of halogens is 3. The van der Waals surface area contributed by atoms with Crippen LogP contribution in [0.3, 0.4) is 0 Å². The van der Waals surface area contributed by atoms with Gasteiger partial charge in [0.25, 0.3) is 0 Å². The number of rotatable bonds is 9. The lowest BCUT2D eigenvalue weighted by Crippen LogP contribution is -2.21. The van der Waals surface area contributed by atoms with Gasteiger partial charge in [-0.3, -0.25) is 4.79 Å². The number of hydrogen-bond donors (Lipinski definition) is 1. The van der Waals surface area contributed by atoms with E-state index in [4.69, 9.17) is 4.74 Å². The number of carbonyl (C=O) groups is 1. The molecule has 0 aliphatic heterocycles. The van der Waals surface area contributed by atoms with E-state index in [-0.39, 0.29) is 28.5 Å². The number of benzene rings is 2. The Morgan fingerprint density at radius 1 is 1.23 bits per heavy atom. The largest absolute Gasteiger partial charge is 0.491 e. The van der Waals surface area contributed by atoms with Crippen LogP contribution in [0.25, 0.3) is 11.1 Å². The summed E-state index contributed by atoms with van der Waals surface area (Å²) in [5.74, 6) is -2.04. The van der Waals surface area contributed by atoms with Crippen molar-refractivity contribution in [2.45, 2.75) is 50.1 Å². The summed E-state index contributed by atoms with van der Waals surface area (Å²) in [7, 11) is 0. The second-order valence-corrected chi connectivity index (χ2v) is 9.21. The molecule has 0 saturated heterocycles. The van der Waals surface area contributed by atoms with Gasteiger partial charge in [0.2, 0.25) is 0 Å². The summed E-state index contributed by atoms with van der Waals surface area (Å²) in [6.07, 6.45) is -0.997. The number of carboxylic acid groups (broad SMARTS) is 1. The highest BCUT2D eigenvalue weighted by molar-refractivity contribution is 7.98. The SMILES string of the molecule is CSc1c(OCC2CC2)c(-c2ccccc2)cc(C(CC(C)C)C(=O)O)c1C(F)(F)F. The van der Waals surface area contributed by atoms with E-state index in [0.717, 1.165) is 24.6 Å². The van der Waals surface area contributed by atoms with Gasteiger partial charge in [-0.15, -0.1) is 11.8 Å². The molecule has 168 valence electrons. The molecule has 1 atom stereocenters. The minimum atomic E-state index is -4.70.